The molecular weight excluding hydrogens is 447 g/mol. The second-order valence-corrected chi connectivity index (χ2v) is 10.1. The van der Waals surface area contributed by atoms with Crippen molar-refractivity contribution in [3.8, 4) is 0 Å². The standard InChI is InChI=1S/2BrH.2HNO2.Pt/c;;2*2-1-3;/h2*1H;2*(H,2,3);/q;;;;+2/p-4. The van der Waals surface area contributed by atoms with Gasteiger partial charge in [0.2, 0.25) is 0 Å². The molecule has 0 fully saturated rings. The molecule has 9 heteroatoms. The molecule has 0 atom stereocenters. The van der Waals surface area contributed by atoms with E-state index in [1.54, 1.807) is 0 Å². The third-order valence-corrected chi connectivity index (χ3v) is 0. The first kappa shape index (κ1) is 16.2. The fourth-order valence-corrected chi connectivity index (χ4v) is 0. The summed E-state index contributed by atoms with van der Waals surface area (Å²) in [6, 6.07) is 0. The number of hydrogen-bond acceptors (Lipinski definition) is 6. The van der Waals surface area contributed by atoms with Crippen LogP contribution in [0, 0.1) is 20.2 Å². The maximum atomic E-state index is 8.00. The van der Waals surface area contributed by atoms with Crippen LogP contribution in [-0.4, -0.2) is 0 Å². The van der Waals surface area contributed by atoms with E-state index in [2.05, 4.69) is 26.6 Å². The molecule has 9 heavy (non-hydrogen) atoms. The average molecular weight is 447 g/mol. The van der Waals surface area contributed by atoms with Crippen molar-refractivity contribution >= 4 is 26.6 Å². The fourth-order valence-electron chi connectivity index (χ4n) is 0. The second kappa shape index (κ2) is 39.4. The predicted octanol–water partition coefficient (Wildman–Crippen LogP) is 2.19. The van der Waals surface area contributed by atoms with E-state index in [4.69, 9.17) is 20.2 Å². The van der Waals surface area contributed by atoms with Crippen molar-refractivity contribution in [1.29, 1.82) is 0 Å². The van der Waals surface area contributed by atoms with Gasteiger partial charge in [-0.3, -0.25) is 0 Å². The summed E-state index contributed by atoms with van der Waals surface area (Å²) in [4.78, 5) is 16.0. The first-order valence-corrected chi connectivity index (χ1v) is 10.9. The average Bonchev–Trinajstić information content (AvgIpc) is 1.70. The van der Waals surface area contributed by atoms with Gasteiger partial charge in [-0.15, -0.1) is 10.7 Å². The summed E-state index contributed by atoms with van der Waals surface area (Å²) < 4.78 is 0. The van der Waals surface area contributed by atoms with Crippen LogP contribution in [0.25, 0.3) is 0 Å². The van der Waals surface area contributed by atoms with Crippen molar-refractivity contribution in [2.45, 2.75) is 0 Å². The predicted molar refractivity (Wildman–Crippen MR) is 36.2 cm³/mol. The molecular formula is Br2N2O4Pt-2. The summed E-state index contributed by atoms with van der Waals surface area (Å²) in [5, 5.41) is 18.0. The minimum absolute atomic E-state index is 0.208. The molecule has 0 heterocycles. The van der Waals surface area contributed by atoms with Crippen molar-refractivity contribution < 1.29 is 14.5 Å². The Kier molecular flexibility index (Phi) is 71.0. The first-order chi connectivity index (χ1) is 4.24. The van der Waals surface area contributed by atoms with Crippen LogP contribution in [0.3, 0.4) is 0 Å². The Morgan fingerprint density at radius 3 is 1.11 bits per heavy atom. The van der Waals surface area contributed by atoms with Gasteiger partial charge in [-0.2, -0.15) is 0 Å². The summed E-state index contributed by atoms with van der Waals surface area (Å²) in [7, 11) is 0. The zero-order chi connectivity index (χ0) is 8.12. The monoisotopic (exact) mass is 445 g/mol. The Balaban J connectivity index is -0.0000000600. The van der Waals surface area contributed by atoms with Crippen LogP contribution in [0.2, 0.25) is 0 Å². The van der Waals surface area contributed by atoms with Crippen molar-refractivity contribution in [2.75, 3.05) is 0 Å². The van der Waals surface area contributed by atoms with Crippen molar-refractivity contribution in [1.82, 2.24) is 0 Å². The minimum atomic E-state index is 0.208. The Labute approximate surface area is 71.7 Å². The van der Waals surface area contributed by atoms with E-state index in [0.29, 0.717) is 0 Å². The van der Waals surface area contributed by atoms with Crippen LogP contribution < -0.4 is 0 Å². The van der Waals surface area contributed by atoms with Crippen molar-refractivity contribution in [3.63, 3.8) is 0 Å². The van der Waals surface area contributed by atoms with Crippen LogP contribution in [0.15, 0.2) is 10.7 Å². The van der Waals surface area contributed by atoms with Gasteiger partial charge < -0.3 is 20.2 Å². The van der Waals surface area contributed by atoms with Gasteiger partial charge in [-0.05, 0) is 0 Å². The van der Waals surface area contributed by atoms with E-state index in [1.807, 2.05) is 0 Å². The topological polar surface area (TPSA) is 105 Å². The Morgan fingerprint density at radius 1 is 1.11 bits per heavy atom. The van der Waals surface area contributed by atoms with Crippen LogP contribution in [-0.2, 0) is 14.5 Å². The summed E-state index contributed by atoms with van der Waals surface area (Å²) in [6.07, 6.45) is 0. The van der Waals surface area contributed by atoms with Gasteiger partial charge in [-0.1, -0.05) is 0 Å². The van der Waals surface area contributed by atoms with Crippen LogP contribution in [0.5, 0.6) is 0 Å². The molecule has 0 saturated carbocycles. The molecule has 0 aliphatic rings. The molecule has 0 bridgehead atoms. The summed E-state index contributed by atoms with van der Waals surface area (Å²) >= 11 is 6.56. The van der Waals surface area contributed by atoms with Gasteiger partial charge in [0.05, 0.1) is 0 Å². The summed E-state index contributed by atoms with van der Waals surface area (Å²) in [6.45, 7) is 0. The Morgan fingerprint density at radius 2 is 1.11 bits per heavy atom. The molecule has 0 spiro atoms. The summed E-state index contributed by atoms with van der Waals surface area (Å²) in [5.74, 6) is 0. The molecule has 0 amide bonds. The van der Waals surface area contributed by atoms with E-state index in [1.165, 1.54) is 0 Å². The van der Waals surface area contributed by atoms with Gasteiger partial charge in [0.1, 0.15) is 0 Å². The van der Waals surface area contributed by atoms with Crippen molar-refractivity contribution in [2.24, 2.45) is 10.7 Å². The van der Waals surface area contributed by atoms with Crippen molar-refractivity contribution in [3.05, 3.63) is 20.2 Å². The van der Waals surface area contributed by atoms with E-state index >= 15 is 0 Å². The molecule has 0 aromatic heterocycles. The zero-order valence-electron chi connectivity index (χ0n) is 3.60. The SMILES string of the molecule is O=N[O-].O=N[O-].[Br][Pt][Br]. The van der Waals surface area contributed by atoms with Gasteiger partial charge in [-0.25, -0.2) is 0 Å². The van der Waals surface area contributed by atoms with Gasteiger partial charge in [0.25, 0.3) is 0 Å². The van der Waals surface area contributed by atoms with E-state index in [0.717, 1.165) is 10.7 Å². The fraction of sp³-hybridized carbons (Fsp3) is 0. The van der Waals surface area contributed by atoms with Crippen LogP contribution in [0.4, 0.5) is 0 Å². The molecule has 6 nitrogen and oxygen atoms in total. The maximum absolute atomic E-state index is 8.00. The number of nitrogens with zero attached hydrogens (tertiary/aromatic N) is 2. The number of rotatable bonds is 0. The molecule has 0 aromatic carbocycles. The van der Waals surface area contributed by atoms with Crippen LogP contribution in [0.1, 0.15) is 0 Å². The van der Waals surface area contributed by atoms with Crippen LogP contribution >= 0.6 is 26.6 Å². The molecule has 0 rings (SSSR count). The molecule has 0 unspecified atom stereocenters. The molecule has 0 aliphatic carbocycles. The normalized spacial score (nSPS) is 5.11. The second-order valence-electron chi connectivity index (χ2n) is 0.194. The zero-order valence-corrected chi connectivity index (χ0v) is 9.04. The third kappa shape index (κ3) is 1750. The number of halogens is 2. The number of hydrogen-bond donors (Lipinski definition) is 0. The molecule has 0 N–H and O–H groups in total. The van der Waals surface area contributed by atoms with Gasteiger partial charge >= 0.3 is 41.0 Å². The molecule has 0 radical (unpaired) electrons. The summed E-state index contributed by atoms with van der Waals surface area (Å²) in [5.41, 5.74) is 0. The van der Waals surface area contributed by atoms with Gasteiger partial charge in [0, 0.05) is 0 Å². The Bertz CT molecular complexity index is 45.8. The van der Waals surface area contributed by atoms with E-state index < -0.39 is 0 Å². The molecule has 0 saturated heterocycles. The molecule has 0 aromatic rings. The Hall–Kier alpha value is 0.448. The third-order valence-electron chi connectivity index (χ3n) is 0. The first-order valence-electron chi connectivity index (χ1n) is 0.969. The van der Waals surface area contributed by atoms with Gasteiger partial charge in [0.15, 0.2) is 0 Å². The molecule has 60 valence electrons. The van der Waals surface area contributed by atoms with E-state index in [9.17, 15) is 0 Å². The quantitative estimate of drug-likeness (QED) is 0.420. The molecule has 0 aliphatic heterocycles. The van der Waals surface area contributed by atoms with E-state index in [-0.39, 0.29) is 14.5 Å².